The Balaban J connectivity index is 1.57. The summed E-state index contributed by atoms with van der Waals surface area (Å²) >= 11 is 3.37. The van der Waals surface area contributed by atoms with Gasteiger partial charge in [-0.2, -0.15) is 5.10 Å². The van der Waals surface area contributed by atoms with E-state index in [-0.39, 0.29) is 11.7 Å². The maximum atomic E-state index is 12.3. The third-order valence-corrected chi connectivity index (χ3v) is 4.43. The molecule has 0 aliphatic carbocycles. The normalized spacial score (nSPS) is 11.4. The van der Waals surface area contributed by atoms with Crippen molar-refractivity contribution in [3.63, 3.8) is 0 Å². The first-order valence-electron chi connectivity index (χ1n) is 7.71. The lowest BCUT2D eigenvalue weighted by Gasteiger charge is -1.96. The fraction of sp³-hybridized carbons (Fsp3) is 0. The number of benzene rings is 3. The number of fused-ring (bicyclic) bond motifs is 3. The van der Waals surface area contributed by atoms with E-state index in [1.165, 1.54) is 0 Å². The van der Waals surface area contributed by atoms with Gasteiger partial charge in [0.2, 0.25) is 0 Å². The second-order valence-corrected chi connectivity index (χ2v) is 6.48. The number of halogens is 1. The van der Waals surface area contributed by atoms with E-state index in [4.69, 9.17) is 4.42 Å². The van der Waals surface area contributed by atoms with Gasteiger partial charge in [0.1, 0.15) is 5.58 Å². The van der Waals surface area contributed by atoms with Crippen LogP contribution in [-0.2, 0) is 0 Å². The SMILES string of the molecule is O=C(N/N=C/c1ccc(Br)cc1)c1cc2c(ccc3ccccc32)o1. The van der Waals surface area contributed by atoms with Crippen LogP contribution in [0, 0.1) is 0 Å². The van der Waals surface area contributed by atoms with Crippen LogP contribution in [-0.4, -0.2) is 12.1 Å². The highest BCUT2D eigenvalue weighted by Crippen LogP contribution is 2.28. The summed E-state index contributed by atoms with van der Waals surface area (Å²) in [5.74, 6) is -0.145. The Kier molecular flexibility index (Phi) is 4.07. The number of nitrogens with one attached hydrogen (secondary N) is 1. The molecule has 1 aromatic heterocycles. The van der Waals surface area contributed by atoms with Crippen LogP contribution in [0.4, 0.5) is 0 Å². The number of furan rings is 1. The highest BCUT2D eigenvalue weighted by molar-refractivity contribution is 9.10. The molecule has 0 unspecified atom stereocenters. The fourth-order valence-corrected chi connectivity index (χ4v) is 2.94. The zero-order valence-corrected chi connectivity index (χ0v) is 14.7. The van der Waals surface area contributed by atoms with Crippen LogP contribution in [0.5, 0.6) is 0 Å². The molecule has 3 aromatic carbocycles. The molecule has 0 saturated heterocycles. The van der Waals surface area contributed by atoms with E-state index >= 15 is 0 Å². The average Bonchev–Trinajstić information content (AvgIpc) is 3.08. The van der Waals surface area contributed by atoms with Crippen LogP contribution in [0.3, 0.4) is 0 Å². The summed E-state index contributed by atoms with van der Waals surface area (Å²) in [6, 6.07) is 21.2. The standard InChI is InChI=1S/C20H13BrN2O2/c21-15-8-5-13(6-9-15)12-22-23-20(24)19-11-17-16-4-2-1-3-14(16)7-10-18(17)25-19/h1-12H,(H,23,24)/b22-12+. The molecule has 4 nitrogen and oxygen atoms in total. The second kappa shape index (κ2) is 6.53. The van der Waals surface area contributed by atoms with Crippen molar-refractivity contribution in [3.8, 4) is 0 Å². The maximum absolute atomic E-state index is 12.3. The summed E-state index contributed by atoms with van der Waals surface area (Å²) < 4.78 is 6.65. The highest BCUT2D eigenvalue weighted by Gasteiger charge is 2.13. The topological polar surface area (TPSA) is 54.6 Å². The first-order valence-corrected chi connectivity index (χ1v) is 8.50. The summed E-state index contributed by atoms with van der Waals surface area (Å²) in [7, 11) is 0. The number of rotatable bonds is 3. The zero-order chi connectivity index (χ0) is 17.2. The molecule has 0 fully saturated rings. The lowest BCUT2D eigenvalue weighted by molar-refractivity contribution is 0.0929. The van der Waals surface area contributed by atoms with Crippen LogP contribution >= 0.6 is 15.9 Å². The van der Waals surface area contributed by atoms with Crippen LogP contribution < -0.4 is 5.43 Å². The van der Waals surface area contributed by atoms with Crippen molar-refractivity contribution < 1.29 is 9.21 Å². The summed E-state index contributed by atoms with van der Waals surface area (Å²) in [4.78, 5) is 12.3. The number of hydrogen-bond donors (Lipinski definition) is 1. The van der Waals surface area contributed by atoms with Crippen LogP contribution in [0.2, 0.25) is 0 Å². The Bertz CT molecular complexity index is 1100. The first kappa shape index (κ1) is 15.6. The summed E-state index contributed by atoms with van der Waals surface area (Å²) in [6.07, 6.45) is 1.59. The number of carbonyl (C=O) groups is 1. The smallest absolute Gasteiger partial charge is 0.307 e. The molecule has 0 radical (unpaired) electrons. The van der Waals surface area contributed by atoms with Gasteiger partial charge in [0.05, 0.1) is 6.21 Å². The number of hydrogen-bond acceptors (Lipinski definition) is 3. The van der Waals surface area contributed by atoms with E-state index in [1.807, 2.05) is 60.7 Å². The maximum Gasteiger partial charge on any atom is 0.307 e. The number of hydrazone groups is 1. The molecule has 5 heteroatoms. The van der Waals surface area contributed by atoms with Gasteiger partial charge in [-0.25, -0.2) is 5.43 Å². The van der Waals surface area contributed by atoms with Gasteiger partial charge in [-0.15, -0.1) is 0 Å². The van der Waals surface area contributed by atoms with Crippen molar-refractivity contribution in [2.24, 2.45) is 5.10 Å². The molecule has 0 atom stereocenters. The molecule has 1 N–H and O–H groups in total. The summed E-state index contributed by atoms with van der Waals surface area (Å²) in [5, 5.41) is 7.06. The molecule has 122 valence electrons. The van der Waals surface area contributed by atoms with Crippen molar-refractivity contribution in [1.29, 1.82) is 0 Å². The second-order valence-electron chi connectivity index (χ2n) is 5.56. The van der Waals surface area contributed by atoms with Crippen LogP contribution in [0.15, 0.2) is 80.7 Å². The lowest BCUT2D eigenvalue weighted by Crippen LogP contribution is -2.16. The third kappa shape index (κ3) is 3.19. The third-order valence-electron chi connectivity index (χ3n) is 3.90. The van der Waals surface area contributed by atoms with Crippen molar-refractivity contribution >= 4 is 49.8 Å². The molecule has 1 amide bonds. The number of nitrogens with zero attached hydrogens (tertiary/aromatic N) is 1. The van der Waals surface area contributed by atoms with Gasteiger partial charge in [-0.05, 0) is 40.6 Å². The summed E-state index contributed by atoms with van der Waals surface area (Å²) in [6.45, 7) is 0. The van der Waals surface area contributed by atoms with Crippen LogP contribution in [0.1, 0.15) is 16.1 Å². The molecular formula is C20H13BrN2O2. The Morgan fingerprint density at radius 1 is 1.00 bits per heavy atom. The monoisotopic (exact) mass is 392 g/mol. The van der Waals surface area contributed by atoms with E-state index < -0.39 is 0 Å². The Hall–Kier alpha value is -2.92. The molecule has 0 spiro atoms. The van der Waals surface area contributed by atoms with E-state index in [0.29, 0.717) is 5.58 Å². The molecule has 0 aliphatic rings. The number of carbonyl (C=O) groups excluding carboxylic acids is 1. The largest absolute Gasteiger partial charge is 0.451 e. The minimum Gasteiger partial charge on any atom is -0.451 e. The Morgan fingerprint density at radius 2 is 1.80 bits per heavy atom. The van der Waals surface area contributed by atoms with Crippen LogP contribution in [0.25, 0.3) is 21.7 Å². The molecule has 0 bridgehead atoms. The minimum atomic E-state index is -0.381. The van der Waals surface area contributed by atoms with Gasteiger partial charge in [0, 0.05) is 9.86 Å². The van der Waals surface area contributed by atoms with Gasteiger partial charge in [0.15, 0.2) is 5.76 Å². The van der Waals surface area contributed by atoms with Crippen molar-refractivity contribution in [2.45, 2.75) is 0 Å². The average molecular weight is 393 g/mol. The molecular weight excluding hydrogens is 380 g/mol. The Labute approximate surface area is 152 Å². The number of amides is 1. The van der Waals surface area contributed by atoms with Gasteiger partial charge < -0.3 is 4.42 Å². The van der Waals surface area contributed by atoms with E-state index in [9.17, 15) is 4.79 Å². The van der Waals surface area contributed by atoms with Crippen molar-refractivity contribution in [1.82, 2.24) is 5.43 Å². The molecule has 0 saturated carbocycles. The zero-order valence-electron chi connectivity index (χ0n) is 13.1. The fourth-order valence-electron chi connectivity index (χ4n) is 2.67. The van der Waals surface area contributed by atoms with Gasteiger partial charge in [-0.1, -0.05) is 58.4 Å². The lowest BCUT2D eigenvalue weighted by atomic mass is 10.1. The predicted molar refractivity (Wildman–Crippen MR) is 103 cm³/mol. The molecule has 1 heterocycles. The van der Waals surface area contributed by atoms with Crippen molar-refractivity contribution in [2.75, 3.05) is 0 Å². The van der Waals surface area contributed by atoms with E-state index in [0.717, 1.165) is 26.2 Å². The molecule has 0 aliphatic heterocycles. The molecule has 4 aromatic rings. The minimum absolute atomic E-state index is 0.235. The molecule has 4 rings (SSSR count). The molecule has 25 heavy (non-hydrogen) atoms. The quantitative estimate of drug-likeness (QED) is 0.388. The first-order chi connectivity index (χ1) is 12.2. The summed E-state index contributed by atoms with van der Waals surface area (Å²) in [5.41, 5.74) is 4.07. The highest BCUT2D eigenvalue weighted by atomic mass is 79.9. The van der Waals surface area contributed by atoms with Gasteiger partial charge >= 0.3 is 5.91 Å². The predicted octanol–water partition coefficient (Wildman–Crippen LogP) is 5.11. The Morgan fingerprint density at radius 3 is 2.64 bits per heavy atom. The van der Waals surface area contributed by atoms with Gasteiger partial charge in [0.25, 0.3) is 0 Å². The van der Waals surface area contributed by atoms with E-state index in [2.05, 4.69) is 26.5 Å². The van der Waals surface area contributed by atoms with Crippen molar-refractivity contribution in [3.05, 3.63) is 82.5 Å². The van der Waals surface area contributed by atoms with E-state index in [1.54, 1.807) is 12.3 Å². The van der Waals surface area contributed by atoms with Gasteiger partial charge in [-0.3, -0.25) is 4.79 Å².